The zero-order valence-corrected chi connectivity index (χ0v) is 25.1. The number of carbonyl (C=O) groups excluding carboxylic acids is 3. The predicted octanol–water partition coefficient (Wildman–Crippen LogP) is 6.23. The molecule has 0 aliphatic heterocycles. The van der Waals surface area contributed by atoms with E-state index >= 15 is 0 Å². The van der Waals surface area contributed by atoms with Crippen LogP contribution in [0.5, 0.6) is 0 Å². The fraction of sp³-hybridized carbons (Fsp3) is 0.818. The third-order valence-electron chi connectivity index (χ3n) is 13.1. The van der Waals surface area contributed by atoms with Gasteiger partial charge in [-0.15, -0.1) is 0 Å². The molecule has 38 heavy (non-hydrogen) atoms. The first kappa shape index (κ1) is 27.6. The first-order valence-electron chi connectivity index (χ1n) is 14.9. The molecule has 5 aliphatic carbocycles. The molecule has 5 rings (SSSR count). The summed E-state index contributed by atoms with van der Waals surface area (Å²) < 4.78 is 0. The highest BCUT2D eigenvalue weighted by molar-refractivity contribution is 6.04. The number of allylic oxidation sites excluding steroid dienone is 2. The molecule has 0 radical (unpaired) electrons. The third kappa shape index (κ3) is 3.43. The molecule has 0 aromatic carbocycles. The molecule has 0 N–H and O–H groups in total. The largest absolute Gasteiger partial charge is 0.349 e. The molecule has 0 saturated heterocycles. The van der Waals surface area contributed by atoms with Crippen molar-refractivity contribution in [3.8, 4) is 6.07 Å². The molecule has 0 unspecified atom stereocenters. The number of amides is 1. The van der Waals surface area contributed by atoms with E-state index in [0.717, 1.165) is 38.5 Å². The minimum absolute atomic E-state index is 0.0128. The maximum absolute atomic E-state index is 14.5. The van der Waals surface area contributed by atoms with E-state index in [2.05, 4.69) is 40.7 Å². The normalized spacial score (nSPS) is 46.9. The van der Waals surface area contributed by atoms with Crippen LogP contribution in [0.25, 0.3) is 0 Å². The van der Waals surface area contributed by atoms with Crippen LogP contribution in [-0.2, 0) is 14.4 Å². The van der Waals surface area contributed by atoms with Crippen molar-refractivity contribution in [3.63, 3.8) is 0 Å². The van der Waals surface area contributed by atoms with Gasteiger partial charge in [0.05, 0.1) is 5.57 Å². The molecular weight excluding hydrogens is 472 g/mol. The molecule has 208 valence electrons. The number of rotatable bonds is 1. The van der Waals surface area contributed by atoms with E-state index in [9.17, 15) is 19.6 Å². The molecule has 5 aliphatic rings. The van der Waals surface area contributed by atoms with Gasteiger partial charge in [-0.2, -0.15) is 5.26 Å². The Balaban J connectivity index is 1.60. The highest BCUT2D eigenvalue weighted by atomic mass is 16.2. The molecule has 0 bridgehead atoms. The van der Waals surface area contributed by atoms with Crippen molar-refractivity contribution < 1.29 is 14.4 Å². The summed E-state index contributed by atoms with van der Waals surface area (Å²) in [7, 11) is 3.73. The second kappa shape index (κ2) is 8.28. The zero-order valence-electron chi connectivity index (χ0n) is 25.1. The maximum atomic E-state index is 14.5. The van der Waals surface area contributed by atoms with Crippen LogP contribution < -0.4 is 0 Å². The Morgan fingerprint density at radius 3 is 2.16 bits per heavy atom. The standard InChI is InChI=1S/C33H48N2O3/c1-29(2)16-21-20(22(17-29)28(38)35(8)9)10-12-33(7)26(21)23(36)14-25-31(5)15-19(18-34)27(37)30(3,4)24(31)11-13-32(25,33)6/h15,20-22,24-26H,10-14,16-17H2,1-9H3/t20-,21-,22+,24-,25+,26-,31-,32+,33+/m0/s1. The van der Waals surface area contributed by atoms with Crippen molar-refractivity contribution >= 4 is 17.5 Å². The van der Waals surface area contributed by atoms with Gasteiger partial charge < -0.3 is 4.90 Å². The fourth-order valence-corrected chi connectivity index (χ4v) is 11.2. The Labute approximate surface area is 229 Å². The average Bonchev–Trinajstić information content (AvgIpc) is 2.81. The van der Waals surface area contributed by atoms with Crippen molar-refractivity contribution in [2.75, 3.05) is 14.1 Å². The van der Waals surface area contributed by atoms with Crippen LogP contribution in [0.1, 0.15) is 93.4 Å². The average molecular weight is 521 g/mol. The number of nitrogens with zero attached hydrogens (tertiary/aromatic N) is 2. The van der Waals surface area contributed by atoms with Gasteiger partial charge in [0.15, 0.2) is 5.78 Å². The second-order valence-corrected chi connectivity index (χ2v) is 16.0. The van der Waals surface area contributed by atoms with Crippen LogP contribution in [0.15, 0.2) is 11.6 Å². The maximum Gasteiger partial charge on any atom is 0.225 e. The summed E-state index contributed by atoms with van der Waals surface area (Å²) in [6, 6.07) is 2.21. The fourth-order valence-electron chi connectivity index (χ4n) is 11.2. The number of Topliss-reactive ketones (excluding diaryl/α,β-unsaturated/α-hetero) is 2. The number of fused-ring (bicyclic) bond motifs is 7. The van der Waals surface area contributed by atoms with E-state index in [1.54, 1.807) is 4.90 Å². The lowest BCUT2D eigenvalue weighted by Gasteiger charge is -2.71. The van der Waals surface area contributed by atoms with Gasteiger partial charge in [-0.25, -0.2) is 0 Å². The van der Waals surface area contributed by atoms with Crippen LogP contribution in [0.3, 0.4) is 0 Å². The summed E-state index contributed by atoms with van der Waals surface area (Å²) in [4.78, 5) is 42.8. The van der Waals surface area contributed by atoms with Gasteiger partial charge >= 0.3 is 0 Å². The van der Waals surface area contributed by atoms with Crippen LogP contribution in [0.2, 0.25) is 0 Å². The monoisotopic (exact) mass is 520 g/mol. The lowest BCUT2D eigenvalue weighted by molar-refractivity contribution is -0.214. The molecule has 4 saturated carbocycles. The zero-order chi connectivity index (χ0) is 28.2. The summed E-state index contributed by atoms with van der Waals surface area (Å²) in [5.41, 5.74) is -0.908. The summed E-state index contributed by atoms with van der Waals surface area (Å²) in [6.07, 6.45) is 8.30. The second-order valence-electron chi connectivity index (χ2n) is 16.0. The van der Waals surface area contributed by atoms with Gasteiger partial charge in [-0.05, 0) is 83.9 Å². The number of hydrogen-bond donors (Lipinski definition) is 0. The van der Waals surface area contributed by atoms with E-state index in [1.807, 2.05) is 34.0 Å². The highest BCUT2D eigenvalue weighted by Crippen LogP contribution is 2.74. The van der Waals surface area contributed by atoms with E-state index < -0.39 is 5.41 Å². The lowest BCUT2D eigenvalue weighted by Crippen LogP contribution is -2.68. The Kier molecular flexibility index (Phi) is 6.01. The van der Waals surface area contributed by atoms with Gasteiger partial charge in [0.25, 0.3) is 0 Å². The van der Waals surface area contributed by atoms with Crippen molar-refractivity contribution in [3.05, 3.63) is 11.6 Å². The van der Waals surface area contributed by atoms with Crippen LogP contribution >= 0.6 is 0 Å². The predicted molar refractivity (Wildman–Crippen MR) is 148 cm³/mol. The van der Waals surface area contributed by atoms with Crippen LogP contribution in [-0.4, -0.2) is 36.5 Å². The van der Waals surface area contributed by atoms with Crippen molar-refractivity contribution in [2.24, 2.45) is 62.6 Å². The molecular formula is C33H48N2O3. The molecule has 5 heteroatoms. The highest BCUT2D eigenvalue weighted by Gasteiger charge is 2.71. The first-order valence-corrected chi connectivity index (χ1v) is 14.9. The van der Waals surface area contributed by atoms with E-state index in [1.165, 1.54) is 0 Å². The van der Waals surface area contributed by atoms with Gasteiger partial charge in [-0.1, -0.05) is 54.5 Å². The Bertz CT molecular complexity index is 1160. The topological polar surface area (TPSA) is 78.2 Å². The molecule has 4 fully saturated rings. The van der Waals surface area contributed by atoms with Crippen LogP contribution in [0, 0.1) is 73.9 Å². The van der Waals surface area contributed by atoms with Crippen molar-refractivity contribution in [2.45, 2.75) is 93.4 Å². The van der Waals surface area contributed by atoms with Crippen molar-refractivity contribution in [1.29, 1.82) is 5.26 Å². The van der Waals surface area contributed by atoms with Gasteiger partial charge in [0, 0.05) is 37.8 Å². The molecule has 1 amide bonds. The van der Waals surface area contributed by atoms with Gasteiger partial charge in [0.2, 0.25) is 5.91 Å². The Morgan fingerprint density at radius 1 is 0.921 bits per heavy atom. The van der Waals surface area contributed by atoms with E-state index in [4.69, 9.17) is 0 Å². The summed E-state index contributed by atoms with van der Waals surface area (Å²) in [5, 5.41) is 9.90. The first-order chi connectivity index (χ1) is 17.4. The summed E-state index contributed by atoms with van der Waals surface area (Å²) in [6.45, 7) is 15.6. The Hall–Kier alpha value is -1.96. The third-order valence-corrected chi connectivity index (χ3v) is 13.1. The van der Waals surface area contributed by atoms with E-state index in [-0.39, 0.29) is 74.4 Å². The lowest BCUT2D eigenvalue weighted by atomic mass is 9.32. The number of hydrogen-bond acceptors (Lipinski definition) is 4. The van der Waals surface area contributed by atoms with E-state index in [0.29, 0.717) is 12.2 Å². The minimum atomic E-state index is -0.610. The number of carbonyl (C=O) groups is 3. The molecule has 0 aromatic rings. The minimum Gasteiger partial charge on any atom is -0.349 e. The smallest absolute Gasteiger partial charge is 0.225 e. The molecule has 0 heterocycles. The summed E-state index contributed by atoms with van der Waals surface area (Å²) >= 11 is 0. The number of ketones is 2. The molecule has 5 nitrogen and oxygen atoms in total. The number of nitriles is 1. The molecule has 0 spiro atoms. The van der Waals surface area contributed by atoms with Crippen LogP contribution in [0.4, 0.5) is 0 Å². The van der Waals surface area contributed by atoms with Gasteiger partial charge in [0.1, 0.15) is 11.9 Å². The Morgan fingerprint density at radius 2 is 1.55 bits per heavy atom. The van der Waals surface area contributed by atoms with Gasteiger partial charge in [-0.3, -0.25) is 14.4 Å². The quantitative estimate of drug-likeness (QED) is 0.411. The SMILES string of the molecule is CN(C)C(=O)[C@@H]1CC(C)(C)C[C@H]2[C@@H]1CC[C@]1(C)[C@@H]2C(=O)C[C@@H]2[C@@]3(C)C=C(C#N)C(=O)C(C)(C)[C@@H]3CC[C@]21C. The molecule has 0 aromatic heterocycles. The molecule has 9 atom stereocenters. The van der Waals surface area contributed by atoms with Crippen molar-refractivity contribution in [1.82, 2.24) is 4.90 Å². The summed E-state index contributed by atoms with van der Waals surface area (Å²) in [5.74, 6) is 1.22.